The fraction of sp³-hybridized carbons (Fsp3) is 0.733. The highest BCUT2D eigenvalue weighted by Crippen LogP contribution is 2.20. The number of likely N-dealkylation sites (tertiary alicyclic amines) is 2. The maximum atomic E-state index is 12.1. The highest BCUT2D eigenvalue weighted by Gasteiger charge is 2.27. The Morgan fingerprint density at radius 1 is 1.33 bits per heavy atom. The highest BCUT2D eigenvalue weighted by atomic mass is 16.2. The topological polar surface area (TPSA) is 53.4 Å². The third-order valence-corrected chi connectivity index (χ3v) is 4.49. The molecule has 1 aromatic heterocycles. The largest absolute Gasteiger partial charge is 0.322 e. The highest BCUT2D eigenvalue weighted by molar-refractivity contribution is 5.91. The summed E-state index contributed by atoms with van der Waals surface area (Å²) < 4.78 is 1.69. The third kappa shape index (κ3) is 3.83. The number of carbonyl (C=O) groups is 1. The van der Waals surface area contributed by atoms with Crippen LogP contribution in [0.1, 0.15) is 25.7 Å². The Kier molecular flexibility index (Phi) is 4.55. The standard InChI is InChI=1S/C15H25N5O/c1-18-10-13(9-16-18)17-15(21)12-19-6-4-5-14(11-19)20-7-2-3-8-20/h9-10,14H,2-8,11-12H2,1H3,(H,17,21). The van der Waals surface area contributed by atoms with Gasteiger partial charge in [0.05, 0.1) is 18.4 Å². The van der Waals surface area contributed by atoms with E-state index in [1.54, 1.807) is 10.9 Å². The molecule has 6 nitrogen and oxygen atoms in total. The van der Waals surface area contributed by atoms with Crippen LogP contribution in [0.15, 0.2) is 12.4 Å². The van der Waals surface area contributed by atoms with E-state index in [4.69, 9.17) is 0 Å². The Hall–Kier alpha value is -1.40. The van der Waals surface area contributed by atoms with Crippen molar-refractivity contribution in [3.05, 3.63) is 12.4 Å². The molecular weight excluding hydrogens is 266 g/mol. The minimum Gasteiger partial charge on any atom is -0.322 e. The molecule has 0 bridgehead atoms. The van der Waals surface area contributed by atoms with Gasteiger partial charge < -0.3 is 5.32 Å². The lowest BCUT2D eigenvalue weighted by Gasteiger charge is -2.37. The number of aromatic nitrogens is 2. The summed E-state index contributed by atoms with van der Waals surface area (Å²) >= 11 is 0. The van der Waals surface area contributed by atoms with Gasteiger partial charge in [0.15, 0.2) is 0 Å². The number of piperidine rings is 1. The first-order valence-corrected chi connectivity index (χ1v) is 7.95. The minimum atomic E-state index is 0.0603. The number of nitrogens with one attached hydrogen (secondary N) is 1. The van der Waals surface area contributed by atoms with Crippen molar-refractivity contribution in [3.63, 3.8) is 0 Å². The van der Waals surface area contributed by atoms with Crippen LogP contribution in [0.2, 0.25) is 0 Å². The van der Waals surface area contributed by atoms with Gasteiger partial charge in [0.2, 0.25) is 5.91 Å². The van der Waals surface area contributed by atoms with Crippen molar-refractivity contribution in [2.45, 2.75) is 31.7 Å². The monoisotopic (exact) mass is 291 g/mol. The smallest absolute Gasteiger partial charge is 0.238 e. The van der Waals surface area contributed by atoms with E-state index < -0.39 is 0 Å². The summed E-state index contributed by atoms with van der Waals surface area (Å²) in [6.07, 6.45) is 8.64. The Balaban J connectivity index is 1.48. The molecule has 21 heavy (non-hydrogen) atoms. The zero-order valence-electron chi connectivity index (χ0n) is 12.8. The lowest BCUT2D eigenvalue weighted by molar-refractivity contribution is -0.117. The number of hydrogen-bond donors (Lipinski definition) is 1. The van der Waals surface area contributed by atoms with E-state index in [9.17, 15) is 4.79 Å². The molecule has 3 rings (SSSR count). The van der Waals surface area contributed by atoms with Crippen LogP contribution < -0.4 is 5.32 Å². The Morgan fingerprint density at radius 3 is 2.86 bits per heavy atom. The van der Waals surface area contributed by atoms with E-state index in [0.717, 1.165) is 18.8 Å². The molecule has 3 heterocycles. The summed E-state index contributed by atoms with van der Waals surface area (Å²) in [6.45, 7) is 5.02. The molecule has 1 amide bonds. The summed E-state index contributed by atoms with van der Waals surface area (Å²) in [5.41, 5.74) is 0.774. The minimum absolute atomic E-state index is 0.0603. The molecule has 1 aromatic rings. The average Bonchev–Trinajstić information content (AvgIpc) is 3.11. The number of carbonyl (C=O) groups excluding carboxylic acids is 1. The number of amides is 1. The second-order valence-electron chi connectivity index (χ2n) is 6.23. The van der Waals surface area contributed by atoms with Gasteiger partial charge in [0, 0.05) is 25.8 Å². The van der Waals surface area contributed by atoms with Crippen LogP contribution in [-0.4, -0.2) is 64.3 Å². The zero-order chi connectivity index (χ0) is 14.7. The van der Waals surface area contributed by atoms with Crippen molar-refractivity contribution in [1.29, 1.82) is 0 Å². The predicted octanol–water partition coefficient (Wildman–Crippen LogP) is 0.919. The number of anilines is 1. The molecule has 0 aromatic carbocycles. The van der Waals surface area contributed by atoms with Crippen molar-refractivity contribution >= 4 is 11.6 Å². The number of aryl methyl sites for hydroxylation is 1. The molecule has 2 fully saturated rings. The molecule has 2 aliphatic heterocycles. The van der Waals surface area contributed by atoms with E-state index in [2.05, 4.69) is 20.2 Å². The van der Waals surface area contributed by atoms with Crippen molar-refractivity contribution in [2.24, 2.45) is 7.05 Å². The number of nitrogens with zero attached hydrogens (tertiary/aromatic N) is 4. The van der Waals surface area contributed by atoms with Crippen LogP contribution in [0.5, 0.6) is 0 Å². The molecule has 1 atom stereocenters. The predicted molar refractivity (Wildman–Crippen MR) is 82.1 cm³/mol. The molecular formula is C15H25N5O. The summed E-state index contributed by atoms with van der Waals surface area (Å²) in [4.78, 5) is 17.0. The van der Waals surface area contributed by atoms with Gasteiger partial charge in [-0.2, -0.15) is 5.10 Å². The second-order valence-corrected chi connectivity index (χ2v) is 6.23. The van der Waals surface area contributed by atoms with Gasteiger partial charge in [-0.25, -0.2) is 0 Å². The van der Waals surface area contributed by atoms with Crippen LogP contribution in [0.25, 0.3) is 0 Å². The molecule has 0 spiro atoms. The molecule has 2 aliphatic rings. The first-order chi connectivity index (χ1) is 10.2. The van der Waals surface area contributed by atoms with Gasteiger partial charge in [-0.05, 0) is 45.3 Å². The summed E-state index contributed by atoms with van der Waals surface area (Å²) in [7, 11) is 1.85. The quantitative estimate of drug-likeness (QED) is 0.896. The van der Waals surface area contributed by atoms with Gasteiger partial charge in [0.25, 0.3) is 0 Å². The van der Waals surface area contributed by atoms with Crippen molar-refractivity contribution in [2.75, 3.05) is 38.0 Å². The summed E-state index contributed by atoms with van der Waals surface area (Å²) in [5.74, 6) is 0.0603. The molecule has 0 radical (unpaired) electrons. The first-order valence-electron chi connectivity index (χ1n) is 7.95. The lowest BCUT2D eigenvalue weighted by atomic mass is 10.0. The molecule has 0 saturated carbocycles. The maximum Gasteiger partial charge on any atom is 0.238 e. The first kappa shape index (κ1) is 14.5. The fourth-order valence-corrected chi connectivity index (χ4v) is 3.47. The van der Waals surface area contributed by atoms with E-state index in [-0.39, 0.29) is 5.91 Å². The van der Waals surface area contributed by atoms with Crippen LogP contribution >= 0.6 is 0 Å². The maximum absolute atomic E-state index is 12.1. The van der Waals surface area contributed by atoms with Gasteiger partial charge in [0.1, 0.15) is 0 Å². The van der Waals surface area contributed by atoms with E-state index in [1.807, 2.05) is 13.2 Å². The van der Waals surface area contributed by atoms with E-state index in [0.29, 0.717) is 12.6 Å². The molecule has 1 unspecified atom stereocenters. The third-order valence-electron chi connectivity index (χ3n) is 4.49. The van der Waals surface area contributed by atoms with Crippen molar-refractivity contribution in [3.8, 4) is 0 Å². The summed E-state index contributed by atoms with van der Waals surface area (Å²) in [6, 6.07) is 0.646. The van der Waals surface area contributed by atoms with Crippen LogP contribution in [0.4, 0.5) is 5.69 Å². The van der Waals surface area contributed by atoms with Crippen molar-refractivity contribution in [1.82, 2.24) is 19.6 Å². The number of hydrogen-bond acceptors (Lipinski definition) is 4. The fourth-order valence-electron chi connectivity index (χ4n) is 3.47. The molecule has 6 heteroatoms. The zero-order valence-corrected chi connectivity index (χ0v) is 12.8. The Bertz CT molecular complexity index is 480. The molecule has 0 aliphatic carbocycles. The number of rotatable bonds is 4. The van der Waals surface area contributed by atoms with E-state index in [1.165, 1.54) is 38.8 Å². The Labute approximate surface area is 126 Å². The Morgan fingerprint density at radius 2 is 2.14 bits per heavy atom. The van der Waals surface area contributed by atoms with Gasteiger partial charge in [-0.15, -0.1) is 0 Å². The van der Waals surface area contributed by atoms with Crippen molar-refractivity contribution < 1.29 is 4.79 Å². The van der Waals surface area contributed by atoms with Crippen LogP contribution in [0, 0.1) is 0 Å². The second kappa shape index (κ2) is 6.58. The summed E-state index contributed by atoms with van der Waals surface area (Å²) in [5, 5.41) is 6.98. The SMILES string of the molecule is Cn1cc(NC(=O)CN2CCCC(N3CCCC3)C2)cn1. The molecule has 2 saturated heterocycles. The van der Waals surface area contributed by atoms with Crippen LogP contribution in [0.3, 0.4) is 0 Å². The normalized spacial score (nSPS) is 24.3. The van der Waals surface area contributed by atoms with Crippen LogP contribution in [-0.2, 0) is 11.8 Å². The molecule has 116 valence electrons. The van der Waals surface area contributed by atoms with Gasteiger partial charge in [-0.1, -0.05) is 0 Å². The average molecular weight is 291 g/mol. The van der Waals surface area contributed by atoms with E-state index >= 15 is 0 Å². The molecule has 1 N–H and O–H groups in total. The van der Waals surface area contributed by atoms with Gasteiger partial charge >= 0.3 is 0 Å². The lowest BCUT2D eigenvalue weighted by Crippen LogP contribution is -2.48. The van der Waals surface area contributed by atoms with Gasteiger partial charge in [-0.3, -0.25) is 19.3 Å².